The molecule has 5 aromatic rings. The van der Waals surface area contributed by atoms with E-state index in [0.29, 0.717) is 55.7 Å². The maximum atomic E-state index is 14.1. The number of aryl methyl sites for hydroxylation is 1. The van der Waals surface area contributed by atoms with Crippen molar-refractivity contribution in [1.29, 1.82) is 0 Å². The van der Waals surface area contributed by atoms with Crippen LogP contribution in [0.3, 0.4) is 0 Å². The Hall–Kier alpha value is -3.77. The van der Waals surface area contributed by atoms with Gasteiger partial charge in [0.2, 0.25) is 11.1 Å². The number of ether oxygens (including phenoxy) is 2. The number of thioether (sulfide) groups is 1. The number of fused-ring (bicyclic) bond motifs is 1. The summed E-state index contributed by atoms with van der Waals surface area (Å²) in [5, 5.41) is 12.6. The Kier molecular flexibility index (Phi) is 10.3. The van der Waals surface area contributed by atoms with Crippen molar-refractivity contribution in [2.45, 2.75) is 37.4 Å². The van der Waals surface area contributed by atoms with Gasteiger partial charge in [0, 0.05) is 26.6 Å². The van der Waals surface area contributed by atoms with Crippen LogP contribution in [0.25, 0.3) is 0 Å². The van der Waals surface area contributed by atoms with Crippen LogP contribution >= 0.6 is 55.2 Å². The number of nitrogens with zero attached hydrogens (tertiary/aromatic N) is 3. The van der Waals surface area contributed by atoms with E-state index in [4.69, 9.17) is 31.2 Å². The third-order valence-corrected chi connectivity index (χ3v) is 9.96. The van der Waals surface area contributed by atoms with Crippen LogP contribution in [0.2, 0.25) is 5.02 Å². The molecule has 8 nitrogen and oxygen atoms in total. The van der Waals surface area contributed by atoms with Crippen molar-refractivity contribution in [3.63, 3.8) is 0 Å². The number of rotatable bonds is 10. The molecule has 2 heterocycles. The zero-order chi connectivity index (χ0) is 33.1. The smallest absolute Gasteiger partial charge is 0.255 e. The van der Waals surface area contributed by atoms with Gasteiger partial charge in [0.15, 0.2) is 11.5 Å². The van der Waals surface area contributed by atoms with Crippen molar-refractivity contribution < 1.29 is 14.3 Å². The predicted octanol–water partition coefficient (Wildman–Crippen LogP) is 9.57. The molecule has 1 unspecified atom stereocenters. The van der Waals surface area contributed by atoms with E-state index in [1.807, 2.05) is 98.8 Å². The highest BCUT2D eigenvalue weighted by Gasteiger charge is 2.35. The molecule has 47 heavy (non-hydrogen) atoms. The van der Waals surface area contributed by atoms with Crippen LogP contribution in [0.15, 0.2) is 110 Å². The van der Waals surface area contributed by atoms with Crippen molar-refractivity contribution in [3.05, 3.63) is 132 Å². The second kappa shape index (κ2) is 14.6. The topological polar surface area (TPSA) is 90.3 Å². The number of anilines is 2. The van der Waals surface area contributed by atoms with E-state index in [-0.39, 0.29) is 5.91 Å². The summed E-state index contributed by atoms with van der Waals surface area (Å²) in [4.78, 5) is 18.9. The molecule has 0 saturated heterocycles. The molecule has 0 radical (unpaired) electrons. The summed E-state index contributed by atoms with van der Waals surface area (Å²) in [6.07, 6.45) is 0. The highest BCUT2D eigenvalue weighted by Crippen LogP contribution is 2.44. The molecule has 0 fully saturated rings. The van der Waals surface area contributed by atoms with Crippen LogP contribution in [0.5, 0.6) is 11.5 Å². The number of hydrogen-bond donors (Lipinski definition) is 2. The fraction of sp³-hybridized carbons (Fsp3) is 0.171. The molecule has 6 rings (SSSR count). The van der Waals surface area contributed by atoms with E-state index < -0.39 is 6.04 Å². The van der Waals surface area contributed by atoms with E-state index in [0.717, 1.165) is 32.4 Å². The van der Waals surface area contributed by atoms with Gasteiger partial charge in [-0.25, -0.2) is 4.68 Å². The molecule has 1 aliphatic rings. The molecule has 0 aliphatic carbocycles. The first kappa shape index (κ1) is 33.1. The lowest BCUT2D eigenvalue weighted by molar-refractivity contribution is -0.113. The average molecular weight is 796 g/mol. The molecule has 240 valence electrons. The van der Waals surface area contributed by atoms with Crippen LogP contribution in [0, 0.1) is 6.92 Å². The molecular formula is C35H30Br2ClN5O3S. The number of benzene rings is 4. The quantitative estimate of drug-likeness (QED) is 0.136. The van der Waals surface area contributed by atoms with E-state index in [9.17, 15) is 4.79 Å². The van der Waals surface area contributed by atoms with Gasteiger partial charge in [0.25, 0.3) is 5.91 Å². The normalized spacial score (nSPS) is 14.0. The Morgan fingerprint density at radius 2 is 1.83 bits per heavy atom. The van der Waals surface area contributed by atoms with E-state index >= 15 is 0 Å². The van der Waals surface area contributed by atoms with Gasteiger partial charge in [0.1, 0.15) is 12.6 Å². The Morgan fingerprint density at radius 1 is 1.04 bits per heavy atom. The van der Waals surface area contributed by atoms with Gasteiger partial charge in [0.05, 0.1) is 17.2 Å². The average Bonchev–Trinajstić information content (AvgIpc) is 3.46. The van der Waals surface area contributed by atoms with Crippen molar-refractivity contribution in [1.82, 2.24) is 14.8 Å². The number of halogens is 3. The zero-order valence-corrected chi connectivity index (χ0v) is 30.4. The number of amides is 1. The summed E-state index contributed by atoms with van der Waals surface area (Å²) in [5.74, 6) is 1.91. The number of nitrogens with one attached hydrogen (secondary N) is 2. The second-order valence-electron chi connectivity index (χ2n) is 10.8. The lowest BCUT2D eigenvalue weighted by Crippen LogP contribution is -2.31. The third-order valence-electron chi connectivity index (χ3n) is 7.63. The highest BCUT2D eigenvalue weighted by atomic mass is 79.9. The molecule has 1 atom stereocenters. The lowest BCUT2D eigenvalue weighted by Gasteiger charge is -2.29. The molecule has 2 N–H and O–H groups in total. The van der Waals surface area contributed by atoms with Crippen LogP contribution in [0.1, 0.15) is 35.2 Å². The largest absolute Gasteiger partial charge is 0.493 e. The molecular weight excluding hydrogens is 766 g/mol. The molecule has 0 saturated carbocycles. The molecule has 1 aliphatic heterocycles. The minimum Gasteiger partial charge on any atom is -0.493 e. The summed E-state index contributed by atoms with van der Waals surface area (Å²) >= 11 is 15.1. The molecule has 1 aromatic heterocycles. The van der Waals surface area contributed by atoms with Crippen LogP contribution in [-0.4, -0.2) is 27.8 Å². The molecule has 0 bridgehead atoms. The minimum atomic E-state index is -0.637. The molecule has 12 heteroatoms. The van der Waals surface area contributed by atoms with Gasteiger partial charge in [-0.15, -0.1) is 5.10 Å². The predicted molar refractivity (Wildman–Crippen MR) is 194 cm³/mol. The Labute approximate surface area is 299 Å². The van der Waals surface area contributed by atoms with Gasteiger partial charge < -0.3 is 20.1 Å². The molecule has 4 aromatic carbocycles. The van der Waals surface area contributed by atoms with Gasteiger partial charge in [-0.05, 0) is 88.4 Å². The number of para-hydroxylation sites is 1. The first-order chi connectivity index (χ1) is 22.7. The number of methoxy groups -OCH3 is 1. The van der Waals surface area contributed by atoms with Crippen molar-refractivity contribution in [2.75, 3.05) is 17.7 Å². The number of carbonyl (C=O) groups is 1. The first-order valence-corrected chi connectivity index (χ1v) is 17.6. The Bertz CT molecular complexity index is 2000. The molecule has 0 spiro atoms. The van der Waals surface area contributed by atoms with E-state index in [1.54, 1.807) is 11.8 Å². The summed E-state index contributed by atoms with van der Waals surface area (Å²) in [5.41, 5.74) is 5.57. The maximum Gasteiger partial charge on any atom is 0.255 e. The van der Waals surface area contributed by atoms with Crippen molar-refractivity contribution in [2.24, 2.45) is 0 Å². The zero-order valence-electron chi connectivity index (χ0n) is 25.7. The summed E-state index contributed by atoms with van der Waals surface area (Å²) in [6, 6.07) is 26.5. The number of aromatic nitrogens is 3. The summed E-state index contributed by atoms with van der Waals surface area (Å²) in [7, 11) is 1.59. The SMILES string of the molecule is COc1cc(C2C(C(=O)Nc3ccccc3C)=C(C)Nc3nc(SCc4ccccc4Cl)nn32)cc(Br)c1OCc1cccc(Br)c1. The number of carbonyl (C=O) groups excluding carboxylic acids is 1. The van der Waals surface area contributed by atoms with Crippen LogP contribution < -0.4 is 20.1 Å². The van der Waals surface area contributed by atoms with Gasteiger partial charge in [-0.1, -0.05) is 87.8 Å². The number of hydrogen-bond acceptors (Lipinski definition) is 7. The minimum absolute atomic E-state index is 0.259. The number of allylic oxidation sites excluding steroid dienone is 1. The fourth-order valence-corrected chi connectivity index (χ4v) is 7.41. The van der Waals surface area contributed by atoms with Crippen LogP contribution in [0.4, 0.5) is 11.6 Å². The van der Waals surface area contributed by atoms with Gasteiger partial charge in [-0.3, -0.25) is 4.79 Å². The first-order valence-electron chi connectivity index (χ1n) is 14.6. The molecule has 1 amide bonds. The third kappa shape index (κ3) is 7.38. The van der Waals surface area contributed by atoms with Crippen molar-refractivity contribution in [3.8, 4) is 11.5 Å². The lowest BCUT2D eigenvalue weighted by atomic mass is 9.94. The maximum absolute atomic E-state index is 14.1. The fourth-order valence-electron chi connectivity index (χ4n) is 5.28. The van der Waals surface area contributed by atoms with Gasteiger partial charge >= 0.3 is 0 Å². The van der Waals surface area contributed by atoms with E-state index in [2.05, 4.69) is 42.5 Å². The van der Waals surface area contributed by atoms with Gasteiger partial charge in [-0.2, -0.15) is 4.98 Å². The Morgan fingerprint density at radius 3 is 2.60 bits per heavy atom. The Balaban J connectivity index is 1.38. The summed E-state index contributed by atoms with van der Waals surface area (Å²) in [6.45, 7) is 4.17. The van der Waals surface area contributed by atoms with Crippen LogP contribution in [-0.2, 0) is 17.2 Å². The highest BCUT2D eigenvalue weighted by molar-refractivity contribution is 9.10. The monoisotopic (exact) mass is 793 g/mol. The summed E-state index contributed by atoms with van der Waals surface area (Å²) < 4.78 is 15.5. The van der Waals surface area contributed by atoms with E-state index in [1.165, 1.54) is 11.8 Å². The second-order valence-corrected chi connectivity index (χ2v) is 14.0. The van der Waals surface area contributed by atoms with Crippen molar-refractivity contribution >= 4 is 72.8 Å². The standard InChI is InChI=1S/C35H30Br2ClN5O3S/c1-20-9-4-7-14-28(20)40-33(44)30-21(2)39-34-41-35(47-19-23-11-5-6-13-27(23)38)42-43(34)31(30)24-16-26(37)32(29(17-24)45-3)46-18-22-10-8-12-25(36)15-22/h4-17,31H,18-19H2,1-3H3,(H,40,44)(H,39,41,42).